The second-order valence-electron chi connectivity index (χ2n) is 5.62. The monoisotopic (exact) mass is 333 g/mol. The average molecular weight is 333 g/mol. The fourth-order valence-corrected chi connectivity index (χ4v) is 2.53. The van der Waals surface area contributed by atoms with Gasteiger partial charge in [0.1, 0.15) is 13.1 Å². The van der Waals surface area contributed by atoms with E-state index in [0.717, 1.165) is 0 Å². The highest BCUT2D eigenvalue weighted by atomic mass is 16.6. The second kappa shape index (κ2) is 7.12. The Bertz CT molecular complexity index is 783. The third kappa shape index (κ3) is 3.70. The van der Waals surface area contributed by atoms with Crippen LogP contribution in [0.1, 0.15) is 20.3 Å². The van der Waals surface area contributed by atoms with Gasteiger partial charge < -0.3 is 14.6 Å². The van der Waals surface area contributed by atoms with Gasteiger partial charge in [-0.1, -0.05) is 6.92 Å². The molecule has 24 heavy (non-hydrogen) atoms. The maximum Gasteiger partial charge on any atom is 0.323 e. The van der Waals surface area contributed by atoms with E-state index >= 15 is 0 Å². The van der Waals surface area contributed by atoms with Crippen LogP contribution in [0.5, 0.6) is 0 Å². The molecule has 0 spiro atoms. The number of hydrogen-bond acceptors (Lipinski definition) is 4. The van der Waals surface area contributed by atoms with E-state index in [9.17, 15) is 19.7 Å². The van der Waals surface area contributed by atoms with Crippen LogP contribution < -0.4 is 0 Å². The molecule has 8 nitrogen and oxygen atoms in total. The summed E-state index contributed by atoms with van der Waals surface area (Å²) in [7, 11) is 0. The van der Waals surface area contributed by atoms with Crippen molar-refractivity contribution in [3.8, 4) is 0 Å². The molecule has 1 atom stereocenters. The van der Waals surface area contributed by atoms with Crippen molar-refractivity contribution in [1.29, 1.82) is 0 Å². The van der Waals surface area contributed by atoms with E-state index in [0.29, 0.717) is 17.3 Å². The van der Waals surface area contributed by atoms with E-state index in [1.165, 1.54) is 17.0 Å². The van der Waals surface area contributed by atoms with Crippen molar-refractivity contribution in [3.05, 3.63) is 40.6 Å². The van der Waals surface area contributed by atoms with Crippen molar-refractivity contribution < 1.29 is 19.6 Å². The predicted octanol–water partition coefficient (Wildman–Crippen LogP) is 2.26. The highest BCUT2D eigenvalue weighted by molar-refractivity contribution is 5.86. The molecule has 1 amide bonds. The Balaban J connectivity index is 2.25. The second-order valence-corrected chi connectivity index (χ2v) is 5.62. The first-order chi connectivity index (χ1) is 11.3. The molecule has 0 fully saturated rings. The van der Waals surface area contributed by atoms with Gasteiger partial charge in [-0.3, -0.25) is 19.7 Å². The van der Waals surface area contributed by atoms with Gasteiger partial charge in [-0.2, -0.15) is 0 Å². The molecule has 2 rings (SSSR count). The summed E-state index contributed by atoms with van der Waals surface area (Å²) < 4.78 is 1.67. The van der Waals surface area contributed by atoms with Gasteiger partial charge in [0.15, 0.2) is 0 Å². The van der Waals surface area contributed by atoms with Crippen molar-refractivity contribution >= 4 is 28.5 Å². The molecule has 1 aromatic heterocycles. The lowest BCUT2D eigenvalue weighted by atomic mass is 10.2. The number of carbonyl (C=O) groups excluding carboxylic acids is 1. The summed E-state index contributed by atoms with van der Waals surface area (Å²) in [6, 6.07) is 5.93. The Morgan fingerprint density at radius 2 is 2.08 bits per heavy atom. The van der Waals surface area contributed by atoms with Crippen LogP contribution in [0, 0.1) is 10.1 Å². The van der Waals surface area contributed by atoms with Crippen molar-refractivity contribution in [2.75, 3.05) is 6.54 Å². The number of carboxylic acid groups (broad SMARTS) is 1. The standard InChI is InChI=1S/C16H19N3O5/c1-3-11(2)18(10-16(21)22)15(20)9-17-7-6-12-8-13(19(23)24)4-5-14(12)17/h4-8,11H,3,9-10H2,1-2H3,(H,21,22). The summed E-state index contributed by atoms with van der Waals surface area (Å²) in [6.07, 6.45) is 2.32. The van der Waals surface area contributed by atoms with Gasteiger partial charge in [-0.25, -0.2) is 0 Å². The van der Waals surface area contributed by atoms with Crippen molar-refractivity contribution in [2.24, 2.45) is 0 Å². The molecule has 1 N–H and O–H groups in total. The molecule has 1 unspecified atom stereocenters. The number of nitro benzene ring substituents is 1. The summed E-state index contributed by atoms with van der Waals surface area (Å²) in [5.41, 5.74) is 0.673. The maximum atomic E-state index is 12.5. The summed E-state index contributed by atoms with van der Waals surface area (Å²) in [5.74, 6) is -1.36. The molecule has 8 heteroatoms. The molecule has 0 radical (unpaired) electrons. The Morgan fingerprint density at radius 3 is 2.67 bits per heavy atom. The fraction of sp³-hybridized carbons (Fsp3) is 0.375. The van der Waals surface area contributed by atoms with Gasteiger partial charge in [0.25, 0.3) is 5.69 Å². The quantitative estimate of drug-likeness (QED) is 0.618. The molecule has 0 saturated heterocycles. The average Bonchev–Trinajstić information content (AvgIpc) is 2.93. The summed E-state index contributed by atoms with van der Waals surface area (Å²) >= 11 is 0. The molecular weight excluding hydrogens is 314 g/mol. The maximum absolute atomic E-state index is 12.5. The highest BCUT2D eigenvalue weighted by Gasteiger charge is 2.22. The van der Waals surface area contributed by atoms with E-state index in [-0.39, 0.29) is 30.7 Å². The minimum Gasteiger partial charge on any atom is -0.480 e. The van der Waals surface area contributed by atoms with Gasteiger partial charge >= 0.3 is 5.97 Å². The van der Waals surface area contributed by atoms with E-state index in [2.05, 4.69) is 0 Å². The van der Waals surface area contributed by atoms with Crippen LogP contribution in [-0.2, 0) is 16.1 Å². The SMILES string of the molecule is CCC(C)N(CC(=O)O)C(=O)Cn1ccc2cc([N+](=O)[O-])ccc21. The highest BCUT2D eigenvalue weighted by Crippen LogP contribution is 2.22. The third-order valence-corrected chi connectivity index (χ3v) is 4.02. The van der Waals surface area contributed by atoms with Gasteiger partial charge in [-0.05, 0) is 25.5 Å². The first-order valence-electron chi connectivity index (χ1n) is 7.58. The smallest absolute Gasteiger partial charge is 0.323 e. The number of benzene rings is 1. The van der Waals surface area contributed by atoms with E-state index in [1.54, 1.807) is 29.8 Å². The number of rotatable bonds is 7. The minimum atomic E-state index is -1.06. The zero-order valence-electron chi connectivity index (χ0n) is 13.5. The number of fused-ring (bicyclic) bond motifs is 1. The Kier molecular flexibility index (Phi) is 5.18. The topological polar surface area (TPSA) is 106 Å². The number of nitro groups is 1. The van der Waals surface area contributed by atoms with Crippen LogP contribution in [0.25, 0.3) is 10.9 Å². The molecule has 0 bridgehead atoms. The number of non-ortho nitro benzene ring substituents is 1. The summed E-state index contributed by atoms with van der Waals surface area (Å²) in [5, 5.41) is 20.5. The zero-order valence-corrected chi connectivity index (χ0v) is 13.5. The lowest BCUT2D eigenvalue weighted by molar-refractivity contribution is -0.384. The number of aliphatic carboxylic acids is 1. The molecule has 0 aliphatic carbocycles. The normalized spacial score (nSPS) is 12.1. The van der Waals surface area contributed by atoms with Crippen molar-refractivity contribution in [3.63, 3.8) is 0 Å². The molecule has 0 saturated carbocycles. The van der Waals surface area contributed by atoms with Crippen LogP contribution in [0.4, 0.5) is 5.69 Å². The molecule has 0 aliphatic heterocycles. The minimum absolute atomic E-state index is 0.0149. The predicted molar refractivity (Wildman–Crippen MR) is 87.7 cm³/mol. The Hall–Kier alpha value is -2.90. The first kappa shape index (κ1) is 17.5. The van der Waals surface area contributed by atoms with Crippen LogP contribution in [0.2, 0.25) is 0 Å². The summed E-state index contributed by atoms with van der Waals surface area (Å²) in [6.45, 7) is 3.33. The fourth-order valence-electron chi connectivity index (χ4n) is 2.53. The number of hydrogen-bond donors (Lipinski definition) is 1. The third-order valence-electron chi connectivity index (χ3n) is 4.02. The van der Waals surface area contributed by atoms with Crippen molar-refractivity contribution in [2.45, 2.75) is 32.9 Å². The van der Waals surface area contributed by atoms with Gasteiger partial charge in [0.05, 0.1) is 4.92 Å². The molecule has 128 valence electrons. The lowest BCUT2D eigenvalue weighted by Crippen LogP contribution is -2.43. The van der Waals surface area contributed by atoms with E-state index < -0.39 is 10.9 Å². The van der Waals surface area contributed by atoms with Gasteiger partial charge in [0.2, 0.25) is 5.91 Å². The van der Waals surface area contributed by atoms with Gasteiger partial charge in [0, 0.05) is 35.3 Å². The van der Waals surface area contributed by atoms with Crippen molar-refractivity contribution in [1.82, 2.24) is 9.47 Å². The van der Waals surface area contributed by atoms with Crippen LogP contribution in [0.3, 0.4) is 0 Å². The van der Waals surface area contributed by atoms with Crippen LogP contribution >= 0.6 is 0 Å². The van der Waals surface area contributed by atoms with Crippen LogP contribution in [-0.4, -0.2) is 44.0 Å². The zero-order chi connectivity index (χ0) is 17.9. The summed E-state index contributed by atoms with van der Waals surface area (Å²) in [4.78, 5) is 35.2. The first-order valence-corrected chi connectivity index (χ1v) is 7.58. The number of amides is 1. The molecular formula is C16H19N3O5. The molecule has 0 aliphatic rings. The number of aromatic nitrogens is 1. The Labute approximate surface area is 138 Å². The Morgan fingerprint density at radius 1 is 1.38 bits per heavy atom. The molecule has 1 aromatic carbocycles. The largest absolute Gasteiger partial charge is 0.480 e. The van der Waals surface area contributed by atoms with E-state index in [4.69, 9.17) is 5.11 Å². The number of nitrogens with zero attached hydrogens (tertiary/aromatic N) is 3. The van der Waals surface area contributed by atoms with E-state index in [1.807, 2.05) is 6.92 Å². The number of carbonyl (C=O) groups is 2. The molecule has 2 aromatic rings. The van der Waals surface area contributed by atoms with Gasteiger partial charge in [-0.15, -0.1) is 0 Å². The molecule has 1 heterocycles. The lowest BCUT2D eigenvalue weighted by Gasteiger charge is -2.27. The number of carboxylic acids is 1. The van der Waals surface area contributed by atoms with Crippen LogP contribution in [0.15, 0.2) is 30.5 Å².